The van der Waals surface area contributed by atoms with Gasteiger partial charge >= 0.3 is 0 Å². The quantitative estimate of drug-likeness (QED) is 0.751. The molecule has 2 nitrogen and oxygen atoms in total. The first-order chi connectivity index (χ1) is 8.00. The van der Waals surface area contributed by atoms with Crippen molar-refractivity contribution in [2.24, 2.45) is 0 Å². The number of rotatable bonds is 2. The number of aromatic nitrogens is 1. The maximum absolute atomic E-state index is 10.6. The maximum atomic E-state index is 10.6. The van der Waals surface area contributed by atoms with Gasteiger partial charge in [-0.15, -0.1) is 11.3 Å². The normalized spacial score (nSPS) is 11.5. The number of hydrogen-bond acceptors (Lipinski definition) is 3. The Labute approximate surface area is 105 Å². The van der Waals surface area contributed by atoms with Crippen LogP contribution in [-0.2, 0) is 5.41 Å². The van der Waals surface area contributed by atoms with Gasteiger partial charge in [0.05, 0.1) is 0 Å². The lowest BCUT2D eigenvalue weighted by Gasteiger charge is -2.18. The second-order valence-corrected chi connectivity index (χ2v) is 5.88. The molecule has 17 heavy (non-hydrogen) atoms. The Balaban J connectivity index is 2.32. The van der Waals surface area contributed by atoms with E-state index in [4.69, 9.17) is 0 Å². The lowest BCUT2D eigenvalue weighted by Crippen LogP contribution is -2.10. The molecule has 0 aliphatic rings. The molecule has 0 aliphatic heterocycles. The van der Waals surface area contributed by atoms with E-state index in [-0.39, 0.29) is 5.41 Å². The predicted octanol–water partition coefficient (Wildman–Crippen LogP) is 3.92. The summed E-state index contributed by atoms with van der Waals surface area (Å²) < 4.78 is 0. The van der Waals surface area contributed by atoms with Crippen LogP contribution in [0.3, 0.4) is 0 Å². The van der Waals surface area contributed by atoms with Gasteiger partial charge in [-0.05, 0) is 11.0 Å². The Hall–Kier alpha value is -1.48. The van der Waals surface area contributed by atoms with Crippen molar-refractivity contribution in [1.82, 2.24) is 4.98 Å². The van der Waals surface area contributed by atoms with E-state index in [1.165, 1.54) is 16.9 Å². The van der Waals surface area contributed by atoms with E-state index in [1.807, 2.05) is 0 Å². The molecule has 1 heterocycles. The van der Waals surface area contributed by atoms with Crippen LogP contribution in [0.5, 0.6) is 0 Å². The standard InChI is InChI=1S/C14H15NOS/c1-14(2,3)11-6-4-10(5-7-11)13-15-12(8-16)9-17-13/h4-9H,1-3H3. The summed E-state index contributed by atoms with van der Waals surface area (Å²) in [6, 6.07) is 8.37. The van der Waals surface area contributed by atoms with Gasteiger partial charge in [0.2, 0.25) is 0 Å². The van der Waals surface area contributed by atoms with E-state index in [1.54, 1.807) is 5.38 Å². The summed E-state index contributed by atoms with van der Waals surface area (Å²) in [5.74, 6) is 0. The molecule has 0 amide bonds. The number of carbonyl (C=O) groups excluding carboxylic acids is 1. The van der Waals surface area contributed by atoms with E-state index in [9.17, 15) is 4.79 Å². The number of carbonyl (C=O) groups is 1. The van der Waals surface area contributed by atoms with Crippen LogP contribution in [0.1, 0.15) is 36.8 Å². The highest BCUT2D eigenvalue weighted by Gasteiger charge is 2.13. The van der Waals surface area contributed by atoms with Crippen LogP contribution in [0.25, 0.3) is 10.6 Å². The molecular formula is C14H15NOS. The summed E-state index contributed by atoms with van der Waals surface area (Å²) >= 11 is 1.50. The van der Waals surface area contributed by atoms with Crippen molar-refractivity contribution in [3.8, 4) is 10.6 Å². The molecule has 2 aromatic rings. The molecule has 0 fully saturated rings. The smallest absolute Gasteiger partial charge is 0.169 e. The van der Waals surface area contributed by atoms with Crippen LogP contribution < -0.4 is 0 Å². The fourth-order valence-corrected chi connectivity index (χ4v) is 2.36. The SMILES string of the molecule is CC(C)(C)c1ccc(-c2nc(C=O)cs2)cc1. The Morgan fingerprint density at radius 3 is 2.29 bits per heavy atom. The zero-order valence-electron chi connectivity index (χ0n) is 10.2. The minimum Gasteiger partial charge on any atom is -0.296 e. The summed E-state index contributed by atoms with van der Waals surface area (Å²) in [6.45, 7) is 6.57. The van der Waals surface area contributed by atoms with E-state index in [2.05, 4.69) is 50.0 Å². The molecule has 0 radical (unpaired) electrons. The first kappa shape index (κ1) is 12.0. The summed E-state index contributed by atoms with van der Waals surface area (Å²) in [6.07, 6.45) is 0.781. The van der Waals surface area contributed by atoms with Crippen LogP contribution >= 0.6 is 11.3 Å². The summed E-state index contributed by atoms with van der Waals surface area (Å²) in [7, 11) is 0. The monoisotopic (exact) mass is 245 g/mol. The Bertz CT molecular complexity index is 520. The Kier molecular flexibility index (Phi) is 3.11. The van der Waals surface area contributed by atoms with Gasteiger partial charge in [0, 0.05) is 10.9 Å². The lowest BCUT2D eigenvalue weighted by molar-refractivity contribution is 0.111. The number of aldehydes is 1. The van der Waals surface area contributed by atoms with Gasteiger partial charge in [-0.3, -0.25) is 4.79 Å². The second-order valence-electron chi connectivity index (χ2n) is 5.02. The van der Waals surface area contributed by atoms with Gasteiger partial charge in [0.25, 0.3) is 0 Å². The minimum atomic E-state index is 0.162. The van der Waals surface area contributed by atoms with Crippen LogP contribution in [0.4, 0.5) is 0 Å². The van der Waals surface area contributed by atoms with Gasteiger partial charge in [-0.1, -0.05) is 45.0 Å². The van der Waals surface area contributed by atoms with Gasteiger partial charge in [-0.2, -0.15) is 0 Å². The number of benzene rings is 1. The van der Waals surface area contributed by atoms with Crippen molar-refractivity contribution in [2.45, 2.75) is 26.2 Å². The fraction of sp³-hybridized carbons (Fsp3) is 0.286. The molecular weight excluding hydrogens is 230 g/mol. The third kappa shape index (κ3) is 2.61. The molecule has 0 atom stereocenters. The van der Waals surface area contributed by atoms with E-state index in [0.717, 1.165) is 16.9 Å². The number of hydrogen-bond donors (Lipinski definition) is 0. The topological polar surface area (TPSA) is 30.0 Å². The average molecular weight is 245 g/mol. The third-order valence-corrected chi connectivity index (χ3v) is 3.55. The van der Waals surface area contributed by atoms with Crippen molar-refractivity contribution < 1.29 is 4.79 Å². The fourth-order valence-electron chi connectivity index (χ4n) is 1.59. The van der Waals surface area contributed by atoms with Crippen molar-refractivity contribution in [2.75, 3.05) is 0 Å². The van der Waals surface area contributed by atoms with Crippen LogP contribution in [-0.4, -0.2) is 11.3 Å². The largest absolute Gasteiger partial charge is 0.296 e. The number of thiazole rings is 1. The molecule has 0 N–H and O–H groups in total. The van der Waals surface area contributed by atoms with Crippen LogP contribution in [0, 0.1) is 0 Å². The summed E-state index contributed by atoms with van der Waals surface area (Å²) in [5, 5.41) is 2.67. The highest BCUT2D eigenvalue weighted by molar-refractivity contribution is 7.13. The lowest BCUT2D eigenvalue weighted by atomic mass is 9.87. The van der Waals surface area contributed by atoms with Gasteiger partial charge in [-0.25, -0.2) is 4.98 Å². The molecule has 0 unspecified atom stereocenters. The first-order valence-corrected chi connectivity index (χ1v) is 6.40. The summed E-state index contributed by atoms with van der Waals surface area (Å²) in [4.78, 5) is 14.8. The number of nitrogens with zero attached hydrogens (tertiary/aromatic N) is 1. The highest BCUT2D eigenvalue weighted by Crippen LogP contribution is 2.27. The molecule has 0 saturated heterocycles. The molecule has 1 aromatic heterocycles. The molecule has 3 heteroatoms. The van der Waals surface area contributed by atoms with Crippen molar-refractivity contribution >= 4 is 17.6 Å². The predicted molar refractivity (Wildman–Crippen MR) is 71.6 cm³/mol. The van der Waals surface area contributed by atoms with E-state index < -0.39 is 0 Å². The zero-order valence-corrected chi connectivity index (χ0v) is 11.0. The van der Waals surface area contributed by atoms with Crippen LogP contribution in [0.15, 0.2) is 29.6 Å². The van der Waals surface area contributed by atoms with Gasteiger partial charge < -0.3 is 0 Å². The van der Waals surface area contributed by atoms with Gasteiger partial charge in [0.1, 0.15) is 10.7 Å². The second kappa shape index (κ2) is 4.41. The van der Waals surface area contributed by atoms with E-state index >= 15 is 0 Å². The maximum Gasteiger partial charge on any atom is 0.169 e. The molecule has 0 saturated carbocycles. The first-order valence-electron chi connectivity index (χ1n) is 5.52. The minimum absolute atomic E-state index is 0.162. The van der Waals surface area contributed by atoms with Crippen LogP contribution in [0.2, 0.25) is 0 Å². The van der Waals surface area contributed by atoms with Gasteiger partial charge in [0.15, 0.2) is 6.29 Å². The Morgan fingerprint density at radius 1 is 1.18 bits per heavy atom. The molecule has 0 bridgehead atoms. The molecule has 0 aliphatic carbocycles. The zero-order chi connectivity index (χ0) is 12.5. The highest BCUT2D eigenvalue weighted by atomic mass is 32.1. The third-order valence-electron chi connectivity index (χ3n) is 2.64. The molecule has 88 valence electrons. The molecule has 1 aromatic carbocycles. The van der Waals surface area contributed by atoms with Crippen molar-refractivity contribution in [3.05, 3.63) is 40.9 Å². The van der Waals surface area contributed by atoms with Crippen molar-refractivity contribution in [1.29, 1.82) is 0 Å². The molecule has 2 rings (SSSR count). The average Bonchev–Trinajstić information content (AvgIpc) is 2.76. The van der Waals surface area contributed by atoms with E-state index in [0.29, 0.717) is 5.69 Å². The molecule has 0 spiro atoms. The van der Waals surface area contributed by atoms with Crippen molar-refractivity contribution in [3.63, 3.8) is 0 Å². The Morgan fingerprint density at radius 2 is 1.82 bits per heavy atom. The summed E-state index contributed by atoms with van der Waals surface area (Å²) in [5.41, 5.74) is 3.03.